The van der Waals surface area contributed by atoms with Gasteiger partial charge in [0.15, 0.2) is 0 Å². The van der Waals surface area contributed by atoms with Crippen molar-refractivity contribution in [2.24, 2.45) is 0 Å². The summed E-state index contributed by atoms with van der Waals surface area (Å²) in [5.41, 5.74) is 4.17. The maximum atomic E-state index is 12.8. The van der Waals surface area contributed by atoms with Gasteiger partial charge in [-0.2, -0.15) is 13.2 Å². The van der Waals surface area contributed by atoms with Gasteiger partial charge in [-0.3, -0.25) is 4.79 Å². The van der Waals surface area contributed by atoms with Gasteiger partial charge in [-0.1, -0.05) is 6.42 Å². The van der Waals surface area contributed by atoms with Gasteiger partial charge in [0.1, 0.15) is 0 Å². The number of halogens is 3. The number of piperidine rings is 1. The van der Waals surface area contributed by atoms with Gasteiger partial charge < -0.3 is 16.0 Å². The average Bonchev–Trinajstić information content (AvgIpc) is 2.47. The minimum atomic E-state index is -4.53. The lowest BCUT2D eigenvalue weighted by atomic mass is 10.0. The number of hydrogen-bond donors (Lipinski definition) is 2. The van der Waals surface area contributed by atoms with E-state index in [9.17, 15) is 18.0 Å². The predicted octanol–water partition coefficient (Wildman–Crippen LogP) is 3.49. The Balaban J connectivity index is 1.92. The number of rotatable bonds is 4. The molecule has 0 aromatic heterocycles. The third-order valence-electron chi connectivity index (χ3n) is 4.21. The molecule has 1 amide bonds. The molecule has 0 bridgehead atoms. The van der Waals surface area contributed by atoms with E-state index in [1.807, 2.05) is 0 Å². The zero-order valence-electron chi connectivity index (χ0n) is 13.1. The highest BCUT2D eigenvalue weighted by atomic mass is 19.4. The number of likely N-dealkylation sites (tertiary alicyclic amines) is 1. The number of amides is 1. The number of carbonyl (C=O) groups is 1. The van der Waals surface area contributed by atoms with E-state index in [1.54, 1.807) is 0 Å². The number of nitrogens with two attached hydrogens (primary N) is 1. The minimum Gasteiger partial charge on any atom is -0.398 e. The molecule has 0 saturated carbocycles. The summed E-state index contributed by atoms with van der Waals surface area (Å²) in [5.74, 6) is -0.291. The van der Waals surface area contributed by atoms with Crippen LogP contribution < -0.4 is 11.1 Å². The van der Waals surface area contributed by atoms with Gasteiger partial charge in [-0.15, -0.1) is 0 Å². The molecular formula is C16H22F3N3O. The van der Waals surface area contributed by atoms with Crippen molar-refractivity contribution in [3.8, 4) is 0 Å². The lowest BCUT2D eigenvalue weighted by Gasteiger charge is -2.33. The molecular weight excluding hydrogens is 307 g/mol. The van der Waals surface area contributed by atoms with Gasteiger partial charge in [0.05, 0.1) is 5.56 Å². The molecule has 128 valence electrons. The Kier molecular flexibility index (Phi) is 5.51. The van der Waals surface area contributed by atoms with Crippen molar-refractivity contribution < 1.29 is 18.0 Å². The summed E-state index contributed by atoms with van der Waals surface area (Å²) in [6.45, 7) is 3.72. The van der Waals surface area contributed by atoms with E-state index in [0.29, 0.717) is 12.6 Å². The average molecular weight is 329 g/mol. The van der Waals surface area contributed by atoms with Crippen LogP contribution in [-0.2, 0) is 11.0 Å². The topological polar surface area (TPSA) is 58.4 Å². The Labute approximate surface area is 133 Å². The molecule has 1 unspecified atom stereocenters. The van der Waals surface area contributed by atoms with Crippen LogP contribution in [0.4, 0.5) is 24.5 Å². The summed E-state index contributed by atoms with van der Waals surface area (Å²) >= 11 is 0. The quantitative estimate of drug-likeness (QED) is 0.831. The smallest absolute Gasteiger partial charge is 0.398 e. The van der Waals surface area contributed by atoms with Crippen LogP contribution in [0.25, 0.3) is 0 Å². The molecule has 0 spiro atoms. The number of nitrogen functional groups attached to an aromatic ring is 1. The lowest BCUT2D eigenvalue weighted by molar-refractivity contribution is -0.136. The first-order valence-electron chi connectivity index (χ1n) is 7.78. The highest BCUT2D eigenvalue weighted by Gasteiger charge is 2.33. The van der Waals surface area contributed by atoms with Gasteiger partial charge in [0.2, 0.25) is 5.91 Å². The van der Waals surface area contributed by atoms with Crippen LogP contribution in [0.2, 0.25) is 0 Å². The summed E-state index contributed by atoms with van der Waals surface area (Å²) in [6.07, 6.45) is -0.826. The molecule has 4 nitrogen and oxygen atoms in total. The Morgan fingerprint density at radius 2 is 2.13 bits per heavy atom. The first kappa shape index (κ1) is 17.6. The molecule has 1 heterocycles. The maximum absolute atomic E-state index is 12.8. The Bertz CT molecular complexity index is 560. The third-order valence-corrected chi connectivity index (χ3v) is 4.21. The fourth-order valence-electron chi connectivity index (χ4n) is 2.84. The molecule has 1 aliphatic heterocycles. The van der Waals surface area contributed by atoms with Crippen molar-refractivity contribution in [1.29, 1.82) is 0 Å². The summed E-state index contributed by atoms with van der Waals surface area (Å²) in [7, 11) is 0. The second kappa shape index (κ2) is 7.21. The highest BCUT2D eigenvalue weighted by Crippen LogP contribution is 2.35. The molecule has 7 heteroatoms. The second-order valence-corrected chi connectivity index (χ2v) is 5.98. The van der Waals surface area contributed by atoms with E-state index >= 15 is 0 Å². The van der Waals surface area contributed by atoms with Gasteiger partial charge in [-0.25, -0.2) is 0 Å². The third kappa shape index (κ3) is 4.86. The van der Waals surface area contributed by atoms with E-state index in [0.717, 1.165) is 31.5 Å². The number of nitrogens with one attached hydrogen (secondary N) is 1. The van der Waals surface area contributed by atoms with Crippen molar-refractivity contribution in [2.75, 3.05) is 24.1 Å². The molecule has 1 atom stereocenters. The summed E-state index contributed by atoms with van der Waals surface area (Å²) < 4.78 is 38.4. The summed E-state index contributed by atoms with van der Waals surface area (Å²) in [4.78, 5) is 14.2. The fraction of sp³-hybridized carbons (Fsp3) is 0.562. The number of nitrogens with zero attached hydrogens (tertiary/aromatic N) is 1. The van der Waals surface area contributed by atoms with Crippen molar-refractivity contribution in [2.45, 2.75) is 44.8 Å². The Morgan fingerprint density at radius 3 is 2.78 bits per heavy atom. The van der Waals surface area contributed by atoms with Crippen molar-refractivity contribution in [3.63, 3.8) is 0 Å². The van der Waals surface area contributed by atoms with E-state index in [2.05, 4.69) is 17.1 Å². The molecule has 0 radical (unpaired) electrons. The predicted molar refractivity (Wildman–Crippen MR) is 84.0 cm³/mol. The van der Waals surface area contributed by atoms with Crippen LogP contribution in [-0.4, -0.2) is 29.9 Å². The van der Waals surface area contributed by atoms with E-state index < -0.39 is 11.7 Å². The number of hydrogen-bond acceptors (Lipinski definition) is 3. The van der Waals surface area contributed by atoms with Crippen LogP contribution in [0.1, 0.15) is 38.2 Å². The van der Waals surface area contributed by atoms with E-state index in [-0.39, 0.29) is 23.7 Å². The molecule has 23 heavy (non-hydrogen) atoms. The molecule has 0 aliphatic carbocycles. The summed E-state index contributed by atoms with van der Waals surface area (Å²) in [5, 5.41) is 2.51. The zero-order valence-corrected chi connectivity index (χ0v) is 13.1. The van der Waals surface area contributed by atoms with Crippen LogP contribution >= 0.6 is 0 Å². The maximum Gasteiger partial charge on any atom is 0.418 e. The Morgan fingerprint density at radius 1 is 1.39 bits per heavy atom. The van der Waals surface area contributed by atoms with Gasteiger partial charge >= 0.3 is 6.18 Å². The number of anilines is 2. The molecule has 1 aliphatic rings. The molecule has 3 N–H and O–H groups in total. The fourth-order valence-corrected chi connectivity index (χ4v) is 2.84. The minimum absolute atomic E-state index is 0.114. The lowest BCUT2D eigenvalue weighted by Crippen LogP contribution is -2.39. The normalized spacial score (nSPS) is 19.6. The van der Waals surface area contributed by atoms with Gasteiger partial charge in [0, 0.05) is 30.4 Å². The van der Waals surface area contributed by atoms with Crippen molar-refractivity contribution in [1.82, 2.24) is 4.90 Å². The zero-order chi connectivity index (χ0) is 17.0. The Hall–Kier alpha value is -1.76. The molecule has 1 aromatic carbocycles. The van der Waals surface area contributed by atoms with Crippen LogP contribution in [0.5, 0.6) is 0 Å². The van der Waals surface area contributed by atoms with Crippen LogP contribution in [0, 0.1) is 0 Å². The highest BCUT2D eigenvalue weighted by molar-refractivity contribution is 5.91. The second-order valence-electron chi connectivity index (χ2n) is 5.98. The molecule has 1 saturated heterocycles. The summed E-state index contributed by atoms with van der Waals surface area (Å²) in [6, 6.07) is 3.86. The molecule has 2 rings (SSSR count). The number of carbonyl (C=O) groups excluding carboxylic acids is 1. The first-order chi connectivity index (χ1) is 10.8. The molecule has 1 aromatic rings. The first-order valence-corrected chi connectivity index (χ1v) is 7.78. The standard InChI is InChI=1S/C16H22F3N3O/c1-11-4-2-3-8-22(11)9-7-15(23)21-12-5-6-14(20)13(10-12)16(17,18)19/h5-6,10-11H,2-4,7-9,20H2,1H3,(H,21,23). The monoisotopic (exact) mass is 329 g/mol. The van der Waals surface area contributed by atoms with Crippen molar-refractivity contribution >= 4 is 17.3 Å². The number of benzene rings is 1. The van der Waals surface area contributed by atoms with Crippen LogP contribution in [0.3, 0.4) is 0 Å². The van der Waals surface area contributed by atoms with Gasteiger partial charge in [0.25, 0.3) is 0 Å². The SMILES string of the molecule is CC1CCCCN1CCC(=O)Nc1ccc(N)c(C(F)(F)F)c1. The largest absolute Gasteiger partial charge is 0.418 e. The van der Waals surface area contributed by atoms with E-state index in [4.69, 9.17) is 5.73 Å². The van der Waals surface area contributed by atoms with Crippen LogP contribution in [0.15, 0.2) is 18.2 Å². The van der Waals surface area contributed by atoms with Crippen molar-refractivity contribution in [3.05, 3.63) is 23.8 Å². The number of alkyl halides is 3. The van der Waals surface area contributed by atoms with E-state index in [1.165, 1.54) is 12.5 Å². The molecule has 1 fully saturated rings. The van der Waals surface area contributed by atoms with Gasteiger partial charge in [-0.05, 0) is 44.5 Å².